The highest BCUT2D eigenvalue weighted by atomic mass is 16.5. The van der Waals surface area contributed by atoms with E-state index in [0.717, 1.165) is 5.56 Å². The van der Waals surface area contributed by atoms with Crippen LogP contribution in [0.15, 0.2) is 57.9 Å². The summed E-state index contributed by atoms with van der Waals surface area (Å²) in [5, 5.41) is 3.72. The number of hydrogen-bond donors (Lipinski definition) is 1. The number of carbonyl (C=O) groups is 1. The fraction of sp³-hybridized carbons (Fsp3) is 0.111. The maximum Gasteiger partial charge on any atom is 0.343 e. The van der Waals surface area contributed by atoms with Crippen molar-refractivity contribution in [1.82, 2.24) is 0 Å². The number of amides is 1. The van der Waals surface area contributed by atoms with Gasteiger partial charge in [0.1, 0.15) is 12.0 Å². The van der Waals surface area contributed by atoms with Gasteiger partial charge in [-0.25, -0.2) is 4.79 Å². The predicted molar refractivity (Wildman–Crippen MR) is 88.2 cm³/mol. The number of ether oxygens (including phenoxy) is 1. The van der Waals surface area contributed by atoms with Gasteiger partial charge in [-0.3, -0.25) is 4.79 Å². The van der Waals surface area contributed by atoms with Crippen LogP contribution in [-0.2, 0) is 0 Å². The Morgan fingerprint density at radius 2 is 1.87 bits per heavy atom. The molecule has 116 valence electrons. The van der Waals surface area contributed by atoms with Gasteiger partial charge in [0.2, 0.25) is 0 Å². The van der Waals surface area contributed by atoms with Crippen molar-refractivity contribution in [3.05, 3.63) is 70.3 Å². The highest BCUT2D eigenvalue weighted by molar-refractivity contribution is 6.12. The summed E-state index contributed by atoms with van der Waals surface area (Å²) in [4.78, 5) is 24.3. The number of methoxy groups -OCH3 is 1. The van der Waals surface area contributed by atoms with Gasteiger partial charge in [-0.1, -0.05) is 24.3 Å². The molecule has 1 amide bonds. The summed E-state index contributed by atoms with van der Waals surface area (Å²) in [6.07, 6.45) is 1.18. The number of hydrogen-bond acceptors (Lipinski definition) is 4. The SMILES string of the molecule is COc1ccc(C)cc1NC(=O)c1coc(=O)c2ccccc12. The second kappa shape index (κ2) is 5.96. The molecular formula is C18H15NO4. The summed E-state index contributed by atoms with van der Waals surface area (Å²) in [5.41, 5.74) is 1.38. The third kappa shape index (κ3) is 2.81. The Labute approximate surface area is 132 Å². The smallest absolute Gasteiger partial charge is 0.343 e. The second-order valence-electron chi connectivity index (χ2n) is 5.14. The minimum absolute atomic E-state index is 0.295. The Morgan fingerprint density at radius 3 is 2.61 bits per heavy atom. The Balaban J connectivity index is 2.04. The van der Waals surface area contributed by atoms with Crippen LogP contribution in [0.5, 0.6) is 5.75 Å². The van der Waals surface area contributed by atoms with Gasteiger partial charge in [-0.05, 0) is 30.7 Å². The van der Waals surface area contributed by atoms with Crippen molar-refractivity contribution in [3.63, 3.8) is 0 Å². The lowest BCUT2D eigenvalue weighted by Gasteiger charge is -2.11. The van der Waals surface area contributed by atoms with Gasteiger partial charge in [-0.15, -0.1) is 0 Å². The van der Waals surface area contributed by atoms with Gasteiger partial charge in [0.15, 0.2) is 0 Å². The van der Waals surface area contributed by atoms with E-state index in [9.17, 15) is 9.59 Å². The van der Waals surface area contributed by atoms with E-state index in [4.69, 9.17) is 9.15 Å². The lowest BCUT2D eigenvalue weighted by molar-refractivity contribution is 0.102. The molecule has 5 nitrogen and oxygen atoms in total. The maximum atomic E-state index is 12.6. The van der Waals surface area contributed by atoms with Gasteiger partial charge in [0, 0.05) is 5.39 Å². The molecule has 0 saturated carbocycles. The molecule has 3 rings (SSSR count). The minimum Gasteiger partial charge on any atom is -0.495 e. The average Bonchev–Trinajstić information content (AvgIpc) is 2.55. The molecule has 23 heavy (non-hydrogen) atoms. The molecule has 0 bridgehead atoms. The largest absolute Gasteiger partial charge is 0.495 e. The van der Waals surface area contributed by atoms with Crippen LogP contribution < -0.4 is 15.7 Å². The summed E-state index contributed by atoms with van der Waals surface area (Å²) in [5.74, 6) is 0.194. The van der Waals surface area contributed by atoms with Gasteiger partial charge in [-0.2, -0.15) is 0 Å². The fourth-order valence-electron chi connectivity index (χ4n) is 2.42. The molecule has 3 aromatic rings. The molecule has 0 unspecified atom stereocenters. The molecule has 1 heterocycles. The minimum atomic E-state index is -0.467. The van der Waals surface area contributed by atoms with Crippen molar-refractivity contribution in [1.29, 1.82) is 0 Å². The van der Waals surface area contributed by atoms with Crippen molar-refractivity contribution in [2.75, 3.05) is 12.4 Å². The van der Waals surface area contributed by atoms with E-state index >= 15 is 0 Å². The second-order valence-corrected chi connectivity index (χ2v) is 5.14. The Kier molecular flexibility index (Phi) is 3.85. The lowest BCUT2D eigenvalue weighted by Crippen LogP contribution is -2.15. The number of nitrogens with one attached hydrogen (secondary N) is 1. The molecule has 0 saturated heterocycles. The molecule has 5 heteroatoms. The van der Waals surface area contributed by atoms with Crippen molar-refractivity contribution in [3.8, 4) is 5.75 Å². The number of fused-ring (bicyclic) bond motifs is 1. The Morgan fingerprint density at radius 1 is 1.13 bits per heavy atom. The molecule has 0 atom stereocenters. The highest BCUT2D eigenvalue weighted by Gasteiger charge is 2.15. The van der Waals surface area contributed by atoms with Crippen LogP contribution in [0.3, 0.4) is 0 Å². The average molecular weight is 309 g/mol. The first kappa shape index (κ1) is 14.8. The number of rotatable bonds is 3. The summed E-state index contributed by atoms with van der Waals surface area (Å²) in [6, 6.07) is 12.3. The first-order chi connectivity index (χ1) is 11.1. The van der Waals surface area contributed by atoms with Gasteiger partial charge in [0.25, 0.3) is 5.91 Å². The molecule has 0 aliphatic heterocycles. The number of carbonyl (C=O) groups excluding carboxylic acids is 1. The molecule has 0 radical (unpaired) electrons. The fourth-order valence-corrected chi connectivity index (χ4v) is 2.42. The van der Waals surface area contributed by atoms with Crippen LogP contribution in [0.25, 0.3) is 10.8 Å². The molecular weight excluding hydrogens is 294 g/mol. The van der Waals surface area contributed by atoms with E-state index in [-0.39, 0.29) is 5.91 Å². The zero-order chi connectivity index (χ0) is 16.4. The predicted octanol–water partition coefficient (Wildman–Crippen LogP) is 3.36. The van der Waals surface area contributed by atoms with Crippen LogP contribution in [0.4, 0.5) is 5.69 Å². The van der Waals surface area contributed by atoms with E-state index in [2.05, 4.69) is 5.32 Å². The normalized spacial score (nSPS) is 10.5. The maximum absolute atomic E-state index is 12.6. The van der Waals surface area contributed by atoms with Crippen molar-refractivity contribution in [2.24, 2.45) is 0 Å². The molecule has 0 fully saturated rings. The van der Waals surface area contributed by atoms with Crippen molar-refractivity contribution in [2.45, 2.75) is 6.92 Å². The van der Waals surface area contributed by atoms with Crippen molar-refractivity contribution >= 4 is 22.4 Å². The third-order valence-electron chi connectivity index (χ3n) is 3.57. The van der Waals surface area contributed by atoms with E-state index in [0.29, 0.717) is 27.8 Å². The number of benzene rings is 2. The third-order valence-corrected chi connectivity index (χ3v) is 3.57. The summed E-state index contributed by atoms with van der Waals surface area (Å²) < 4.78 is 10.2. The number of anilines is 1. The standard InChI is InChI=1S/C18H15NO4/c1-11-7-8-16(22-2)15(9-11)19-17(20)14-10-23-18(21)13-6-4-3-5-12(13)14/h3-10H,1-2H3,(H,19,20). The van der Waals surface area contributed by atoms with Crippen LogP contribution in [-0.4, -0.2) is 13.0 Å². The first-order valence-corrected chi connectivity index (χ1v) is 7.06. The summed E-state index contributed by atoms with van der Waals surface area (Å²) >= 11 is 0. The molecule has 0 aliphatic rings. The molecule has 0 spiro atoms. The van der Waals surface area contributed by atoms with E-state index in [1.165, 1.54) is 13.4 Å². The van der Waals surface area contributed by atoms with Crippen LogP contribution in [0.1, 0.15) is 15.9 Å². The zero-order valence-corrected chi connectivity index (χ0v) is 12.8. The van der Waals surface area contributed by atoms with Crippen LogP contribution in [0.2, 0.25) is 0 Å². The molecule has 2 aromatic carbocycles. The lowest BCUT2D eigenvalue weighted by atomic mass is 10.1. The topological polar surface area (TPSA) is 68.5 Å². The number of aryl methyl sites for hydroxylation is 1. The zero-order valence-electron chi connectivity index (χ0n) is 12.8. The van der Waals surface area contributed by atoms with Crippen LogP contribution >= 0.6 is 0 Å². The summed E-state index contributed by atoms with van der Waals surface area (Å²) in [6.45, 7) is 1.92. The first-order valence-electron chi connectivity index (χ1n) is 7.06. The highest BCUT2D eigenvalue weighted by Crippen LogP contribution is 2.26. The quantitative estimate of drug-likeness (QED) is 0.805. The molecule has 1 N–H and O–H groups in total. The Bertz CT molecular complexity index is 943. The molecule has 1 aromatic heterocycles. The monoisotopic (exact) mass is 309 g/mol. The van der Waals surface area contributed by atoms with E-state index < -0.39 is 5.63 Å². The van der Waals surface area contributed by atoms with Crippen molar-refractivity contribution < 1.29 is 13.9 Å². The van der Waals surface area contributed by atoms with Gasteiger partial charge < -0.3 is 14.5 Å². The van der Waals surface area contributed by atoms with Crippen LogP contribution in [0, 0.1) is 6.92 Å². The molecule has 0 aliphatic carbocycles. The van der Waals surface area contributed by atoms with Gasteiger partial charge >= 0.3 is 5.63 Å². The van der Waals surface area contributed by atoms with Gasteiger partial charge in [0.05, 0.1) is 23.7 Å². The Hall–Kier alpha value is -3.08. The summed E-state index contributed by atoms with van der Waals surface area (Å²) in [7, 11) is 1.54. The van der Waals surface area contributed by atoms with E-state index in [1.807, 2.05) is 19.1 Å². The van der Waals surface area contributed by atoms with E-state index in [1.54, 1.807) is 30.3 Å².